The summed E-state index contributed by atoms with van der Waals surface area (Å²) < 4.78 is 7.62. The van der Waals surface area contributed by atoms with Gasteiger partial charge in [-0.3, -0.25) is 4.98 Å². The summed E-state index contributed by atoms with van der Waals surface area (Å²) in [6.07, 6.45) is 3.83. The summed E-state index contributed by atoms with van der Waals surface area (Å²) in [7, 11) is 1.64. The van der Waals surface area contributed by atoms with Crippen LogP contribution in [0.5, 0.6) is 5.88 Å². The first-order chi connectivity index (χ1) is 16.9. The smallest absolute Gasteiger partial charge is 0.213 e. The van der Waals surface area contributed by atoms with Crippen molar-refractivity contribution in [3.8, 4) is 5.88 Å². The standard InChI is InChI=1S/C27H27ClN6O/c1-16-8-25(29)32-17(2)22(16)13-30-11-20-15-34(24-6-7-26(35-3)33-27(20)24)14-18-4-5-23-19(9-18)10-21(28)12-31-23/h4-10,12,15,30H,11,13-14H2,1-3H3,(H2,29,32). The molecule has 35 heavy (non-hydrogen) atoms. The van der Waals surface area contributed by atoms with Gasteiger partial charge in [0, 0.05) is 54.7 Å². The lowest BCUT2D eigenvalue weighted by Gasteiger charge is -2.11. The Labute approximate surface area is 208 Å². The number of aromatic nitrogens is 4. The second-order valence-electron chi connectivity index (χ2n) is 8.72. The van der Waals surface area contributed by atoms with Crippen LogP contribution in [0.15, 0.2) is 54.9 Å². The molecule has 7 nitrogen and oxygen atoms in total. The number of ether oxygens (including phenoxy) is 1. The third-order valence-corrected chi connectivity index (χ3v) is 6.45. The zero-order valence-electron chi connectivity index (χ0n) is 20.0. The first-order valence-corrected chi connectivity index (χ1v) is 11.8. The average Bonchev–Trinajstić information content (AvgIpc) is 3.16. The van der Waals surface area contributed by atoms with Gasteiger partial charge in [-0.25, -0.2) is 9.97 Å². The predicted octanol–water partition coefficient (Wildman–Crippen LogP) is 5.18. The van der Waals surface area contributed by atoms with Gasteiger partial charge >= 0.3 is 0 Å². The number of methoxy groups -OCH3 is 1. The van der Waals surface area contributed by atoms with Gasteiger partial charge in [0.05, 0.1) is 28.7 Å². The summed E-state index contributed by atoms with van der Waals surface area (Å²) in [5.74, 6) is 1.15. The monoisotopic (exact) mass is 486 g/mol. The maximum atomic E-state index is 6.16. The molecule has 178 valence electrons. The lowest BCUT2D eigenvalue weighted by atomic mass is 10.1. The fourth-order valence-electron chi connectivity index (χ4n) is 4.52. The van der Waals surface area contributed by atoms with E-state index in [4.69, 9.17) is 27.1 Å². The van der Waals surface area contributed by atoms with Gasteiger partial charge in [-0.05, 0) is 60.9 Å². The van der Waals surface area contributed by atoms with Crippen LogP contribution in [0.2, 0.25) is 5.02 Å². The molecule has 0 unspecified atom stereocenters. The molecule has 3 N–H and O–H groups in total. The van der Waals surface area contributed by atoms with Gasteiger partial charge in [0.1, 0.15) is 5.82 Å². The first-order valence-electron chi connectivity index (χ1n) is 11.4. The van der Waals surface area contributed by atoms with Crippen molar-refractivity contribution in [1.29, 1.82) is 0 Å². The van der Waals surface area contributed by atoms with Crippen molar-refractivity contribution < 1.29 is 4.74 Å². The molecule has 0 spiro atoms. The highest BCUT2D eigenvalue weighted by Gasteiger charge is 2.13. The Balaban J connectivity index is 1.44. The average molecular weight is 487 g/mol. The van der Waals surface area contributed by atoms with E-state index in [1.807, 2.05) is 31.2 Å². The molecular weight excluding hydrogens is 460 g/mol. The molecule has 0 aliphatic carbocycles. The van der Waals surface area contributed by atoms with Crippen LogP contribution in [0.1, 0.15) is 27.9 Å². The van der Waals surface area contributed by atoms with Crippen LogP contribution >= 0.6 is 11.6 Å². The van der Waals surface area contributed by atoms with Crippen molar-refractivity contribution in [2.45, 2.75) is 33.5 Å². The van der Waals surface area contributed by atoms with Crippen LogP contribution in [0, 0.1) is 13.8 Å². The molecule has 0 amide bonds. The number of aryl methyl sites for hydroxylation is 2. The molecule has 5 aromatic rings. The summed E-state index contributed by atoms with van der Waals surface area (Å²) in [4.78, 5) is 13.5. The quantitative estimate of drug-likeness (QED) is 0.329. The van der Waals surface area contributed by atoms with E-state index in [1.54, 1.807) is 13.3 Å². The third-order valence-electron chi connectivity index (χ3n) is 6.24. The Morgan fingerprint density at radius 2 is 1.91 bits per heavy atom. The maximum absolute atomic E-state index is 6.16. The number of pyridine rings is 3. The second-order valence-corrected chi connectivity index (χ2v) is 9.15. The van der Waals surface area contributed by atoms with E-state index in [9.17, 15) is 0 Å². The van der Waals surface area contributed by atoms with Crippen LogP contribution in [0.3, 0.4) is 0 Å². The van der Waals surface area contributed by atoms with Crippen LogP contribution in [0.25, 0.3) is 21.9 Å². The Hall–Kier alpha value is -3.68. The number of anilines is 1. The highest BCUT2D eigenvalue weighted by molar-refractivity contribution is 6.31. The van der Waals surface area contributed by atoms with Crippen molar-refractivity contribution in [2.24, 2.45) is 0 Å². The van der Waals surface area contributed by atoms with Gasteiger partial charge in [-0.2, -0.15) is 0 Å². The van der Waals surface area contributed by atoms with E-state index >= 15 is 0 Å². The molecule has 0 atom stereocenters. The van der Waals surface area contributed by atoms with Crippen molar-refractivity contribution in [2.75, 3.05) is 12.8 Å². The van der Waals surface area contributed by atoms with Gasteiger partial charge in [0.15, 0.2) is 0 Å². The van der Waals surface area contributed by atoms with Gasteiger partial charge < -0.3 is 20.4 Å². The fourth-order valence-corrected chi connectivity index (χ4v) is 4.69. The molecule has 0 saturated heterocycles. The maximum Gasteiger partial charge on any atom is 0.213 e. The molecule has 0 bridgehead atoms. The molecule has 4 heterocycles. The van der Waals surface area contributed by atoms with E-state index in [2.05, 4.69) is 51.2 Å². The van der Waals surface area contributed by atoms with Gasteiger partial charge in [0.25, 0.3) is 0 Å². The van der Waals surface area contributed by atoms with E-state index in [-0.39, 0.29) is 0 Å². The molecule has 0 radical (unpaired) electrons. The van der Waals surface area contributed by atoms with Gasteiger partial charge in [-0.15, -0.1) is 0 Å². The zero-order valence-corrected chi connectivity index (χ0v) is 20.7. The van der Waals surface area contributed by atoms with Crippen molar-refractivity contribution in [1.82, 2.24) is 24.8 Å². The van der Waals surface area contributed by atoms with Crippen molar-refractivity contribution >= 4 is 39.4 Å². The van der Waals surface area contributed by atoms with Crippen LogP contribution < -0.4 is 15.8 Å². The number of hydrogen-bond donors (Lipinski definition) is 2. The molecule has 5 rings (SSSR count). The van der Waals surface area contributed by atoms with Gasteiger partial charge in [-0.1, -0.05) is 17.7 Å². The number of nitrogen functional groups attached to an aromatic ring is 1. The summed E-state index contributed by atoms with van der Waals surface area (Å²) in [5.41, 5.74) is 14.3. The summed E-state index contributed by atoms with van der Waals surface area (Å²) in [6.45, 7) is 6.11. The molecule has 0 aliphatic heterocycles. The number of nitrogens with two attached hydrogens (primary N) is 1. The normalized spacial score (nSPS) is 11.4. The summed E-state index contributed by atoms with van der Waals surface area (Å²) in [5, 5.41) is 5.21. The third kappa shape index (κ3) is 4.78. The molecule has 0 aliphatic rings. The SMILES string of the molecule is COc1ccc2c(n1)c(CNCc1c(C)cc(N)nc1C)cn2Cc1ccc2ncc(Cl)cc2c1. The minimum Gasteiger partial charge on any atom is -0.481 e. The number of nitrogens with one attached hydrogen (secondary N) is 1. The molecule has 0 saturated carbocycles. The number of rotatable bonds is 7. The minimum atomic E-state index is 0.551. The predicted molar refractivity (Wildman–Crippen MR) is 141 cm³/mol. The van der Waals surface area contributed by atoms with E-state index in [0.717, 1.165) is 49.9 Å². The van der Waals surface area contributed by atoms with E-state index < -0.39 is 0 Å². The number of hydrogen-bond acceptors (Lipinski definition) is 6. The summed E-state index contributed by atoms with van der Waals surface area (Å²) >= 11 is 6.16. The molecule has 1 aromatic carbocycles. The lowest BCUT2D eigenvalue weighted by Crippen LogP contribution is -2.15. The van der Waals surface area contributed by atoms with Crippen molar-refractivity contribution in [3.63, 3.8) is 0 Å². The van der Waals surface area contributed by atoms with Crippen LogP contribution in [-0.2, 0) is 19.6 Å². The topological polar surface area (TPSA) is 90.9 Å². The largest absolute Gasteiger partial charge is 0.481 e. The lowest BCUT2D eigenvalue weighted by molar-refractivity contribution is 0.399. The summed E-state index contributed by atoms with van der Waals surface area (Å²) in [6, 6.07) is 14.1. The van der Waals surface area contributed by atoms with Crippen LogP contribution in [-0.4, -0.2) is 26.6 Å². The van der Waals surface area contributed by atoms with E-state index in [0.29, 0.717) is 36.4 Å². The number of nitrogens with zero attached hydrogens (tertiary/aromatic N) is 4. The number of halogens is 1. The van der Waals surface area contributed by atoms with Crippen molar-refractivity contribution in [3.05, 3.63) is 87.8 Å². The highest BCUT2D eigenvalue weighted by Crippen LogP contribution is 2.25. The van der Waals surface area contributed by atoms with E-state index in [1.165, 1.54) is 0 Å². The molecule has 8 heteroatoms. The molecular formula is C27H27ClN6O. The van der Waals surface area contributed by atoms with Gasteiger partial charge in [0.2, 0.25) is 5.88 Å². The molecule has 4 aromatic heterocycles. The minimum absolute atomic E-state index is 0.551. The Morgan fingerprint density at radius 1 is 1.06 bits per heavy atom. The Morgan fingerprint density at radius 3 is 2.71 bits per heavy atom. The Kier molecular flexibility index (Phi) is 6.28. The first kappa shape index (κ1) is 23.1. The molecule has 0 fully saturated rings. The Bertz CT molecular complexity index is 1520. The second kappa shape index (κ2) is 9.52. The zero-order chi connectivity index (χ0) is 24.5. The fraction of sp³-hybridized carbons (Fsp3) is 0.222. The number of benzene rings is 1. The van der Waals surface area contributed by atoms with Crippen LogP contribution in [0.4, 0.5) is 5.82 Å². The number of fused-ring (bicyclic) bond motifs is 2. The highest BCUT2D eigenvalue weighted by atomic mass is 35.5.